The first-order valence-electron chi connectivity index (χ1n) is 10.6. The summed E-state index contributed by atoms with van der Waals surface area (Å²) in [6.45, 7) is -0.829. The summed E-state index contributed by atoms with van der Waals surface area (Å²) in [4.78, 5) is 0.0631. The number of rotatable bonds is 8. The molecule has 0 spiro atoms. The maximum Gasteiger partial charge on any atom is 0.387 e. The summed E-state index contributed by atoms with van der Waals surface area (Å²) in [7, 11) is -3.84. The highest BCUT2D eigenvalue weighted by Crippen LogP contribution is 2.49. The molecule has 0 atom stereocenters. The fraction of sp³-hybridized carbons (Fsp3) is 0.280. The summed E-state index contributed by atoms with van der Waals surface area (Å²) in [6.07, 6.45) is 2.41. The first-order chi connectivity index (χ1) is 15.4. The molecule has 0 amide bonds. The highest BCUT2D eigenvalue weighted by molar-refractivity contribution is 7.89. The molecule has 3 aromatic carbocycles. The number of nitrogens with zero attached hydrogens (tertiary/aromatic N) is 1. The van der Waals surface area contributed by atoms with E-state index >= 15 is 0 Å². The summed E-state index contributed by atoms with van der Waals surface area (Å²) in [6, 6.07) is 23.3. The van der Waals surface area contributed by atoms with Crippen LogP contribution < -0.4 is 4.74 Å². The Bertz CT molecular complexity index is 1140. The minimum absolute atomic E-state index is 0.0631. The second-order valence-corrected chi connectivity index (χ2v) is 9.71. The largest absolute Gasteiger partial charge is 0.435 e. The smallest absolute Gasteiger partial charge is 0.387 e. The molecule has 32 heavy (non-hydrogen) atoms. The molecule has 168 valence electrons. The van der Waals surface area contributed by atoms with Crippen molar-refractivity contribution in [1.29, 1.82) is 0 Å². The first kappa shape index (κ1) is 22.4. The molecule has 0 radical (unpaired) electrons. The van der Waals surface area contributed by atoms with Gasteiger partial charge in [-0.2, -0.15) is 13.1 Å². The Labute approximate surface area is 187 Å². The van der Waals surface area contributed by atoms with Crippen molar-refractivity contribution in [3.8, 4) is 16.9 Å². The predicted molar refractivity (Wildman–Crippen MR) is 120 cm³/mol. The van der Waals surface area contributed by atoms with E-state index in [1.807, 2.05) is 61.5 Å². The van der Waals surface area contributed by atoms with Crippen LogP contribution in [-0.4, -0.2) is 25.9 Å². The van der Waals surface area contributed by atoms with Crippen LogP contribution >= 0.6 is 0 Å². The van der Waals surface area contributed by atoms with E-state index in [9.17, 15) is 17.2 Å². The van der Waals surface area contributed by atoms with E-state index in [0.717, 1.165) is 36.0 Å². The second kappa shape index (κ2) is 9.00. The molecule has 1 aliphatic rings. The lowest BCUT2D eigenvalue weighted by Gasteiger charge is -2.49. The fourth-order valence-corrected chi connectivity index (χ4v) is 6.24. The van der Waals surface area contributed by atoms with Gasteiger partial charge in [0.2, 0.25) is 10.0 Å². The Morgan fingerprint density at radius 1 is 0.906 bits per heavy atom. The van der Waals surface area contributed by atoms with Gasteiger partial charge in [0.05, 0.1) is 10.4 Å². The highest BCUT2D eigenvalue weighted by atomic mass is 32.2. The van der Waals surface area contributed by atoms with Gasteiger partial charge in [-0.25, -0.2) is 8.42 Å². The molecule has 4 rings (SSSR count). The van der Waals surface area contributed by atoms with E-state index in [0.29, 0.717) is 6.54 Å². The van der Waals surface area contributed by atoms with Gasteiger partial charge in [0.15, 0.2) is 0 Å². The molecule has 0 aliphatic heterocycles. The van der Waals surface area contributed by atoms with Crippen molar-refractivity contribution in [2.24, 2.45) is 0 Å². The molecule has 7 heteroatoms. The number of ether oxygens (including phenoxy) is 1. The van der Waals surface area contributed by atoms with E-state index < -0.39 is 22.2 Å². The quantitative estimate of drug-likeness (QED) is 0.414. The van der Waals surface area contributed by atoms with Crippen LogP contribution in [0.1, 0.15) is 31.7 Å². The van der Waals surface area contributed by atoms with Gasteiger partial charge in [0, 0.05) is 6.54 Å². The zero-order valence-electron chi connectivity index (χ0n) is 17.7. The number of hydrogen-bond acceptors (Lipinski definition) is 3. The van der Waals surface area contributed by atoms with Gasteiger partial charge in [-0.3, -0.25) is 0 Å². The Kier molecular flexibility index (Phi) is 6.31. The molecule has 1 saturated carbocycles. The molecule has 1 fully saturated rings. The normalized spacial score (nSPS) is 15.5. The Morgan fingerprint density at radius 3 is 2.00 bits per heavy atom. The molecule has 0 saturated heterocycles. The lowest BCUT2D eigenvalue weighted by Crippen LogP contribution is -2.53. The third-order valence-corrected chi connectivity index (χ3v) is 8.17. The van der Waals surface area contributed by atoms with Gasteiger partial charge in [-0.15, -0.1) is 0 Å². The van der Waals surface area contributed by atoms with Crippen molar-refractivity contribution in [2.75, 3.05) is 6.54 Å². The van der Waals surface area contributed by atoms with Gasteiger partial charge in [0.1, 0.15) is 5.75 Å². The van der Waals surface area contributed by atoms with Gasteiger partial charge in [-0.1, -0.05) is 61.5 Å². The molecule has 3 aromatic rings. The average Bonchev–Trinajstić information content (AvgIpc) is 2.77. The van der Waals surface area contributed by atoms with Gasteiger partial charge in [-0.05, 0) is 60.2 Å². The van der Waals surface area contributed by atoms with Crippen LogP contribution in [-0.2, 0) is 15.6 Å². The summed E-state index contributed by atoms with van der Waals surface area (Å²) in [5.74, 6) is -0.0724. The maximum atomic E-state index is 13.5. The lowest BCUT2D eigenvalue weighted by molar-refractivity contribution is -0.0498. The minimum atomic E-state index is -3.84. The summed E-state index contributed by atoms with van der Waals surface area (Å²) in [5, 5.41) is 0. The molecule has 1 aliphatic carbocycles. The van der Waals surface area contributed by atoms with E-state index in [2.05, 4.69) is 4.74 Å². The lowest BCUT2D eigenvalue weighted by atomic mass is 9.71. The zero-order valence-corrected chi connectivity index (χ0v) is 18.6. The molecule has 4 nitrogen and oxygen atoms in total. The predicted octanol–water partition coefficient (Wildman–Crippen LogP) is 6.05. The molecular formula is C25H25F2NO3S. The van der Waals surface area contributed by atoms with Crippen molar-refractivity contribution >= 4 is 10.0 Å². The zero-order chi connectivity index (χ0) is 22.8. The molecular weight excluding hydrogens is 432 g/mol. The Morgan fingerprint density at radius 2 is 1.50 bits per heavy atom. The average molecular weight is 458 g/mol. The molecule has 0 unspecified atom stereocenters. The number of alkyl halides is 2. The number of halogens is 2. The third kappa shape index (κ3) is 4.14. The SMILES string of the molecule is CCN(C1(c2ccc(-c3ccccc3)cc2)CCC1)S(=O)(=O)c1ccc(OC(F)F)cc1. The second-order valence-electron chi connectivity index (χ2n) is 7.85. The van der Waals surface area contributed by atoms with Crippen molar-refractivity contribution < 1.29 is 21.9 Å². The Hall–Kier alpha value is -2.77. The topological polar surface area (TPSA) is 46.6 Å². The minimum Gasteiger partial charge on any atom is -0.435 e. The van der Waals surface area contributed by atoms with Crippen LogP contribution in [0.25, 0.3) is 11.1 Å². The first-order valence-corrected chi connectivity index (χ1v) is 12.0. The molecule has 0 N–H and O–H groups in total. The standard InChI is InChI=1S/C25H25F2NO3S/c1-2-28(32(29,30)23-15-13-22(14-16-23)31-24(26)27)25(17-6-18-25)21-11-9-20(10-12-21)19-7-4-3-5-8-19/h3-5,7-16,24H,2,6,17-18H2,1H3. The number of sulfonamides is 1. The van der Waals surface area contributed by atoms with Gasteiger partial charge < -0.3 is 4.74 Å². The molecule has 0 bridgehead atoms. The van der Waals surface area contributed by atoms with E-state index in [1.54, 1.807) is 4.31 Å². The molecule has 0 aromatic heterocycles. The Balaban J connectivity index is 1.65. The highest BCUT2D eigenvalue weighted by Gasteiger charge is 2.48. The molecule has 0 heterocycles. The van der Waals surface area contributed by atoms with E-state index in [4.69, 9.17) is 0 Å². The van der Waals surface area contributed by atoms with Crippen LogP contribution in [0.4, 0.5) is 8.78 Å². The third-order valence-electron chi connectivity index (χ3n) is 6.11. The van der Waals surface area contributed by atoms with Crippen LogP contribution in [0.2, 0.25) is 0 Å². The van der Waals surface area contributed by atoms with Crippen molar-refractivity contribution in [3.63, 3.8) is 0 Å². The summed E-state index contributed by atoms with van der Waals surface area (Å²) < 4.78 is 57.8. The van der Waals surface area contributed by atoms with E-state index in [-0.39, 0.29) is 10.6 Å². The summed E-state index contributed by atoms with van der Waals surface area (Å²) in [5.41, 5.74) is 2.53. The van der Waals surface area contributed by atoms with Crippen LogP contribution in [0.5, 0.6) is 5.75 Å². The number of hydrogen-bond donors (Lipinski definition) is 0. The van der Waals surface area contributed by atoms with Gasteiger partial charge >= 0.3 is 6.61 Å². The number of benzene rings is 3. The van der Waals surface area contributed by atoms with Crippen LogP contribution in [0.3, 0.4) is 0 Å². The van der Waals surface area contributed by atoms with Crippen LogP contribution in [0, 0.1) is 0 Å². The van der Waals surface area contributed by atoms with E-state index in [1.165, 1.54) is 24.3 Å². The van der Waals surface area contributed by atoms with Crippen LogP contribution in [0.15, 0.2) is 83.8 Å². The van der Waals surface area contributed by atoms with Crippen molar-refractivity contribution in [1.82, 2.24) is 4.31 Å². The van der Waals surface area contributed by atoms with Crippen molar-refractivity contribution in [3.05, 3.63) is 84.4 Å². The van der Waals surface area contributed by atoms with Gasteiger partial charge in [0.25, 0.3) is 0 Å². The maximum absolute atomic E-state index is 13.5. The fourth-order valence-electron chi connectivity index (χ4n) is 4.42. The van der Waals surface area contributed by atoms with Crippen molar-refractivity contribution in [2.45, 2.75) is 43.2 Å². The monoisotopic (exact) mass is 457 g/mol. The summed E-state index contributed by atoms with van der Waals surface area (Å²) >= 11 is 0.